The van der Waals surface area contributed by atoms with E-state index in [-0.39, 0.29) is 23.1 Å². The van der Waals surface area contributed by atoms with Crippen LogP contribution >= 0.6 is 23.8 Å². The zero-order valence-electron chi connectivity index (χ0n) is 18.4. The highest BCUT2D eigenvalue weighted by molar-refractivity contribution is 7.80. The minimum absolute atomic E-state index is 0.208. The van der Waals surface area contributed by atoms with Crippen molar-refractivity contribution in [2.24, 2.45) is 0 Å². The highest BCUT2D eigenvalue weighted by Crippen LogP contribution is 2.26. The Balaban J connectivity index is 1.34. The van der Waals surface area contributed by atoms with E-state index in [9.17, 15) is 14.0 Å². The Bertz CT molecular complexity index is 1410. The number of hydrogen-bond acceptors (Lipinski definition) is 5. The summed E-state index contributed by atoms with van der Waals surface area (Å²) >= 11 is 11.8. The van der Waals surface area contributed by atoms with Gasteiger partial charge >= 0.3 is 0 Å². The van der Waals surface area contributed by atoms with Crippen LogP contribution in [-0.4, -0.2) is 32.0 Å². The average Bonchev–Trinajstić information content (AvgIpc) is 3.34. The molecule has 178 valence electrons. The van der Waals surface area contributed by atoms with Crippen LogP contribution in [0.3, 0.4) is 0 Å². The Morgan fingerprint density at radius 3 is 2.69 bits per heavy atom. The van der Waals surface area contributed by atoms with Gasteiger partial charge in [0.05, 0.1) is 27.6 Å². The lowest BCUT2D eigenvalue weighted by atomic mass is 10.0. The first-order valence-electron chi connectivity index (χ1n) is 10.5. The van der Waals surface area contributed by atoms with E-state index in [1.165, 1.54) is 30.5 Å². The largest absolute Gasteiger partial charge is 0.310 e. The molecule has 0 radical (unpaired) electrons. The first-order chi connectivity index (χ1) is 16.8. The summed E-state index contributed by atoms with van der Waals surface area (Å²) in [5, 5.41) is 10.8. The second-order valence-electron chi connectivity index (χ2n) is 7.74. The third kappa shape index (κ3) is 5.79. The number of benzene rings is 2. The molecule has 2 aromatic heterocycles. The first kappa shape index (κ1) is 24.2. The maximum atomic E-state index is 13.1. The van der Waals surface area contributed by atoms with Gasteiger partial charge in [0.25, 0.3) is 5.91 Å². The lowest BCUT2D eigenvalue weighted by Gasteiger charge is -2.13. The number of anilines is 1. The summed E-state index contributed by atoms with van der Waals surface area (Å²) in [6, 6.07) is 12.3. The fraction of sp³-hybridized carbons (Fsp3) is 0.125. The van der Waals surface area contributed by atoms with Gasteiger partial charge in [0, 0.05) is 23.6 Å². The van der Waals surface area contributed by atoms with Gasteiger partial charge < -0.3 is 5.32 Å². The van der Waals surface area contributed by atoms with Crippen molar-refractivity contribution < 1.29 is 14.0 Å². The summed E-state index contributed by atoms with van der Waals surface area (Å²) in [6.45, 7) is 1.70. The van der Waals surface area contributed by atoms with Crippen molar-refractivity contribution in [3.05, 3.63) is 88.5 Å². The van der Waals surface area contributed by atoms with Crippen molar-refractivity contribution in [1.82, 2.24) is 26.0 Å². The van der Waals surface area contributed by atoms with E-state index < -0.39 is 11.8 Å². The molecule has 4 rings (SSSR count). The van der Waals surface area contributed by atoms with Crippen LogP contribution in [0.15, 0.2) is 60.9 Å². The minimum atomic E-state index is -0.540. The number of halogens is 2. The van der Waals surface area contributed by atoms with E-state index in [2.05, 4.69) is 31.3 Å². The van der Waals surface area contributed by atoms with Gasteiger partial charge in [-0.25, -0.2) is 9.37 Å². The number of carbonyl (C=O) groups is 2. The van der Waals surface area contributed by atoms with Gasteiger partial charge in [-0.15, -0.1) is 0 Å². The summed E-state index contributed by atoms with van der Waals surface area (Å²) in [5.74, 6) is -1.51. The van der Waals surface area contributed by atoms with Crippen LogP contribution in [0.5, 0.6) is 0 Å². The third-order valence-electron chi connectivity index (χ3n) is 5.34. The molecule has 1 atom stereocenters. The summed E-state index contributed by atoms with van der Waals surface area (Å²) in [7, 11) is 0. The number of nitrogens with one attached hydrogen (secondary N) is 4. The van der Waals surface area contributed by atoms with Crippen LogP contribution in [0.4, 0.5) is 10.2 Å². The molecule has 35 heavy (non-hydrogen) atoms. The van der Waals surface area contributed by atoms with Crippen LogP contribution in [0.25, 0.3) is 10.9 Å². The molecule has 4 aromatic rings. The molecule has 11 heteroatoms. The summed E-state index contributed by atoms with van der Waals surface area (Å²) in [5.41, 5.74) is 7.78. The molecule has 0 aliphatic heterocycles. The molecule has 2 heterocycles. The quantitative estimate of drug-likeness (QED) is 0.227. The van der Waals surface area contributed by atoms with Crippen molar-refractivity contribution in [2.45, 2.75) is 19.3 Å². The van der Waals surface area contributed by atoms with Crippen LogP contribution < -0.4 is 16.2 Å². The fourth-order valence-electron chi connectivity index (χ4n) is 3.36. The van der Waals surface area contributed by atoms with Crippen molar-refractivity contribution in [1.29, 1.82) is 0 Å². The number of amides is 2. The number of thiocarbonyl (C=S) groups is 1. The second kappa shape index (κ2) is 10.6. The van der Waals surface area contributed by atoms with Gasteiger partial charge in [0.15, 0.2) is 0 Å². The van der Waals surface area contributed by atoms with Crippen molar-refractivity contribution in [3.63, 3.8) is 0 Å². The fourth-order valence-corrected chi connectivity index (χ4v) is 3.84. The Hall–Kier alpha value is -3.89. The normalized spacial score (nSPS) is 11.6. The Labute approximate surface area is 210 Å². The highest BCUT2D eigenvalue weighted by atomic mass is 35.5. The first-order valence-corrected chi connectivity index (χ1v) is 11.3. The van der Waals surface area contributed by atoms with Crippen molar-refractivity contribution >= 4 is 57.3 Å². The van der Waals surface area contributed by atoms with Gasteiger partial charge in [0.1, 0.15) is 11.6 Å². The van der Waals surface area contributed by atoms with Crippen molar-refractivity contribution in [3.8, 4) is 0 Å². The van der Waals surface area contributed by atoms with Crippen LogP contribution in [0.2, 0.25) is 5.02 Å². The number of hydrogen-bond donors (Lipinski definition) is 4. The molecule has 1 unspecified atom stereocenters. The van der Waals surface area contributed by atoms with Crippen LogP contribution in [0.1, 0.15) is 34.3 Å². The number of hydrazine groups is 1. The van der Waals surface area contributed by atoms with E-state index in [4.69, 9.17) is 23.8 Å². The molecular formula is C24H20ClFN6O2S. The van der Waals surface area contributed by atoms with E-state index >= 15 is 0 Å². The lowest BCUT2D eigenvalue weighted by molar-refractivity contribution is -0.117. The second-order valence-corrected chi connectivity index (χ2v) is 8.61. The van der Waals surface area contributed by atoms with Gasteiger partial charge in [-0.2, -0.15) is 5.10 Å². The van der Waals surface area contributed by atoms with Gasteiger partial charge in [0.2, 0.25) is 5.91 Å². The van der Waals surface area contributed by atoms with Crippen LogP contribution in [0, 0.1) is 5.82 Å². The number of nitrogens with zero attached hydrogens (tertiary/aromatic N) is 2. The molecule has 0 aliphatic rings. The Morgan fingerprint density at radius 2 is 1.91 bits per heavy atom. The van der Waals surface area contributed by atoms with Crippen molar-refractivity contribution in [2.75, 3.05) is 5.32 Å². The average molecular weight is 511 g/mol. The molecule has 0 saturated heterocycles. The topological polar surface area (TPSA) is 112 Å². The zero-order chi connectivity index (χ0) is 24.9. The maximum absolute atomic E-state index is 13.1. The number of fused-ring (bicyclic) bond motifs is 1. The molecule has 2 amide bonds. The molecule has 0 fully saturated rings. The predicted molar refractivity (Wildman–Crippen MR) is 136 cm³/mol. The zero-order valence-corrected chi connectivity index (χ0v) is 20.0. The summed E-state index contributed by atoms with van der Waals surface area (Å²) in [4.78, 5) is 29.6. The number of rotatable bonds is 6. The third-order valence-corrected chi connectivity index (χ3v) is 6.03. The van der Waals surface area contributed by atoms with E-state index in [0.717, 1.165) is 16.5 Å². The number of pyridine rings is 1. The molecule has 0 spiro atoms. The molecule has 4 N–H and O–H groups in total. The standard InChI is InChI=1S/C24H20ClFN6O2S/c1-13(14-2-5-17(26)6-3-14)23(33)29-20-10-16(8-9-27-20)24(34)32-31-21(35)11-15-4-7-19-18(22(15)25)12-28-30-19/h2-10,12-13H,11H2,1H3,(H,28,30)(H,31,35)(H,32,34)(H,27,29,33). The predicted octanol–water partition coefficient (Wildman–Crippen LogP) is 4.30. The Morgan fingerprint density at radius 1 is 1.14 bits per heavy atom. The number of aromatic nitrogens is 3. The summed E-state index contributed by atoms with van der Waals surface area (Å²) < 4.78 is 13.1. The number of aromatic amines is 1. The maximum Gasteiger partial charge on any atom is 0.269 e. The number of carbonyl (C=O) groups excluding carboxylic acids is 2. The van der Waals surface area contributed by atoms with E-state index in [1.807, 2.05) is 12.1 Å². The molecule has 0 aliphatic carbocycles. The minimum Gasteiger partial charge on any atom is -0.310 e. The molecule has 0 saturated carbocycles. The Kier molecular flexibility index (Phi) is 7.33. The molecule has 0 bridgehead atoms. The van der Waals surface area contributed by atoms with E-state index in [0.29, 0.717) is 22.0 Å². The summed E-state index contributed by atoms with van der Waals surface area (Å²) in [6.07, 6.45) is 3.36. The molecule has 8 nitrogen and oxygen atoms in total. The van der Waals surface area contributed by atoms with Crippen LogP contribution in [-0.2, 0) is 11.2 Å². The smallest absolute Gasteiger partial charge is 0.269 e. The SMILES string of the molecule is CC(C(=O)Nc1cc(C(=O)NNC(=S)Cc2ccc3[nH]ncc3c2Cl)ccn1)c1ccc(F)cc1. The highest BCUT2D eigenvalue weighted by Gasteiger charge is 2.17. The number of H-pyrrole nitrogens is 1. The van der Waals surface area contributed by atoms with Gasteiger partial charge in [-0.3, -0.25) is 25.5 Å². The monoisotopic (exact) mass is 510 g/mol. The van der Waals surface area contributed by atoms with Gasteiger partial charge in [-0.1, -0.05) is 42.0 Å². The van der Waals surface area contributed by atoms with E-state index in [1.54, 1.807) is 25.3 Å². The lowest BCUT2D eigenvalue weighted by Crippen LogP contribution is -2.41. The molecule has 2 aromatic carbocycles. The molecular weight excluding hydrogens is 491 g/mol. The van der Waals surface area contributed by atoms with Gasteiger partial charge in [-0.05, 0) is 48.4 Å².